The third kappa shape index (κ3) is 8.26. The van der Waals surface area contributed by atoms with Gasteiger partial charge < -0.3 is 0 Å². The maximum absolute atomic E-state index is 12.9. The number of ketones is 2. The molecular weight excluding hydrogens is 821 g/mol. The molecule has 2 aliphatic carbocycles. The largest absolute Gasteiger partial charge is 0.295 e. The molecule has 6 N–H and O–H groups in total. The fraction of sp³-hybridized carbons (Fsp3) is 0. The molecular formula is C32H22N6O14S4. The van der Waals surface area contributed by atoms with Crippen molar-refractivity contribution < 1.29 is 61.5 Å². The second-order valence-electron chi connectivity index (χ2n) is 11.4. The first-order chi connectivity index (χ1) is 26.1. The summed E-state index contributed by atoms with van der Waals surface area (Å²) in [5, 5.41) is 7.64. The number of Topliss-reactive ketones (excluding diaryl/α,β-unsaturated/α-hetero) is 2. The molecule has 2 aromatic heterocycles. The number of nitrogens with zero attached hydrogens (tertiary/aromatic N) is 4. The van der Waals surface area contributed by atoms with Crippen LogP contribution in [0.5, 0.6) is 0 Å². The number of allylic oxidation sites excluding steroid dienone is 2. The lowest BCUT2D eigenvalue weighted by molar-refractivity contribution is 0.105. The normalized spacial score (nSPS) is 16.4. The van der Waals surface area contributed by atoms with Crippen molar-refractivity contribution in [2.45, 2.75) is 9.79 Å². The molecule has 0 spiro atoms. The summed E-state index contributed by atoms with van der Waals surface area (Å²) in [5.74, 6) is -1.68. The molecule has 0 unspecified atom stereocenters. The van der Waals surface area contributed by atoms with Gasteiger partial charge in [0.25, 0.3) is 40.5 Å². The maximum atomic E-state index is 12.9. The lowest BCUT2D eigenvalue weighted by Gasteiger charge is -2.15. The van der Waals surface area contributed by atoms with E-state index < -0.39 is 83.1 Å². The molecule has 0 radical (unpaired) electrons. The summed E-state index contributed by atoms with van der Waals surface area (Å²) < 4.78 is 137. The number of hydrogen-bond donors (Lipinski definition) is 6. The topological polar surface area (TPSA) is 326 Å². The fourth-order valence-corrected chi connectivity index (χ4v) is 8.13. The number of carbonyl (C=O) groups excluding carboxylic acids is 2. The van der Waals surface area contributed by atoms with Gasteiger partial charge in [-0.1, -0.05) is 24.3 Å². The molecule has 6 rings (SSSR count). The van der Waals surface area contributed by atoms with E-state index in [-0.39, 0.29) is 45.0 Å². The van der Waals surface area contributed by atoms with E-state index in [0.29, 0.717) is 0 Å². The summed E-state index contributed by atoms with van der Waals surface area (Å²) in [4.78, 5) is 30.7. The highest BCUT2D eigenvalue weighted by molar-refractivity contribution is 7.95. The molecule has 0 fully saturated rings. The highest BCUT2D eigenvalue weighted by atomic mass is 32.2. The van der Waals surface area contributed by atoms with Crippen molar-refractivity contribution in [3.63, 3.8) is 0 Å². The predicted octanol–water partition coefficient (Wildman–Crippen LogP) is 2.93. The van der Waals surface area contributed by atoms with E-state index in [0.717, 1.165) is 48.6 Å². The molecule has 4 aromatic rings. The molecule has 2 heterocycles. The van der Waals surface area contributed by atoms with Crippen LogP contribution in [0.4, 0.5) is 11.4 Å². The van der Waals surface area contributed by atoms with Gasteiger partial charge in [-0.25, -0.2) is 0 Å². The maximum Gasteiger partial charge on any atom is 0.295 e. The summed E-state index contributed by atoms with van der Waals surface area (Å²) in [6, 6.07) is 11.7. The highest BCUT2D eigenvalue weighted by Gasteiger charge is 2.33. The smallest absolute Gasteiger partial charge is 0.285 e. The van der Waals surface area contributed by atoms with Gasteiger partial charge in [-0.05, 0) is 71.8 Å². The van der Waals surface area contributed by atoms with Gasteiger partial charge in [0.05, 0.1) is 11.4 Å². The number of hydrazone groups is 2. The first-order valence-electron chi connectivity index (χ1n) is 15.1. The zero-order valence-corrected chi connectivity index (χ0v) is 30.8. The third-order valence-electron chi connectivity index (χ3n) is 7.77. The minimum Gasteiger partial charge on any atom is -0.285 e. The van der Waals surface area contributed by atoms with Gasteiger partial charge in [0.1, 0.15) is 42.4 Å². The molecule has 0 atom stereocenters. The molecule has 288 valence electrons. The van der Waals surface area contributed by atoms with Crippen LogP contribution in [0.15, 0.2) is 105 Å². The number of nitrogens with one attached hydrogen (secondary N) is 2. The Morgan fingerprint density at radius 1 is 0.536 bits per heavy atom. The van der Waals surface area contributed by atoms with E-state index in [1.807, 2.05) is 0 Å². The van der Waals surface area contributed by atoms with Crippen LogP contribution in [0.3, 0.4) is 0 Å². The first kappa shape index (κ1) is 39.6. The van der Waals surface area contributed by atoms with Crippen molar-refractivity contribution in [2.75, 3.05) is 10.9 Å². The Bertz CT molecular complexity index is 2810. The molecule has 0 saturated heterocycles. The van der Waals surface area contributed by atoms with Gasteiger partial charge in [0.2, 0.25) is 11.6 Å². The van der Waals surface area contributed by atoms with Crippen molar-refractivity contribution in [3.8, 4) is 0 Å². The number of carbonyl (C=O) groups is 2. The van der Waals surface area contributed by atoms with Crippen molar-refractivity contribution in [1.82, 2.24) is 9.97 Å². The Morgan fingerprint density at radius 2 is 0.911 bits per heavy atom. The third-order valence-corrected chi connectivity index (χ3v) is 11.4. The van der Waals surface area contributed by atoms with Crippen LogP contribution in [-0.4, -0.2) is 84.8 Å². The summed E-state index contributed by atoms with van der Waals surface area (Å²) in [7, 11) is -19.7. The van der Waals surface area contributed by atoms with E-state index in [1.54, 1.807) is 0 Å². The van der Waals surface area contributed by atoms with Gasteiger partial charge in [0.15, 0.2) is 0 Å². The Balaban J connectivity index is 1.30. The molecule has 0 bridgehead atoms. The zero-order valence-electron chi connectivity index (χ0n) is 27.5. The number of hydrogen-bond acceptors (Lipinski definition) is 16. The summed E-state index contributed by atoms with van der Waals surface area (Å²) in [5.41, 5.74) is 1.94. The van der Waals surface area contributed by atoms with E-state index in [4.69, 9.17) is 0 Å². The van der Waals surface area contributed by atoms with Crippen LogP contribution in [0.2, 0.25) is 0 Å². The molecule has 0 saturated carbocycles. The van der Waals surface area contributed by atoms with Gasteiger partial charge in [-0.2, -0.15) is 43.9 Å². The second-order valence-corrected chi connectivity index (χ2v) is 17.0. The predicted molar refractivity (Wildman–Crippen MR) is 200 cm³/mol. The lowest BCUT2D eigenvalue weighted by atomic mass is 10.00. The second kappa shape index (κ2) is 14.5. The molecule has 56 heavy (non-hydrogen) atoms. The zero-order chi connectivity index (χ0) is 40.8. The number of pyridine rings is 2. The monoisotopic (exact) mass is 842 g/mol. The number of benzene rings is 2. The Kier molecular flexibility index (Phi) is 10.3. The summed E-state index contributed by atoms with van der Waals surface area (Å²) in [6.07, 6.45) is 6.11. The van der Waals surface area contributed by atoms with E-state index in [2.05, 4.69) is 31.0 Å². The quantitative estimate of drug-likeness (QED) is 0.0759. The summed E-state index contributed by atoms with van der Waals surface area (Å²) >= 11 is 0. The minimum atomic E-state index is -5.01. The average molecular weight is 843 g/mol. The lowest BCUT2D eigenvalue weighted by Crippen LogP contribution is -2.24. The minimum absolute atomic E-state index is 0.145. The molecule has 24 heteroatoms. The van der Waals surface area contributed by atoms with Crippen molar-refractivity contribution >= 4 is 96.8 Å². The van der Waals surface area contributed by atoms with Crippen LogP contribution in [0.1, 0.15) is 43.2 Å². The Labute approximate surface area is 316 Å². The van der Waals surface area contributed by atoms with Crippen LogP contribution < -0.4 is 10.9 Å². The fourth-order valence-electron chi connectivity index (χ4n) is 5.30. The highest BCUT2D eigenvalue weighted by Crippen LogP contribution is 2.31. The number of fused-ring (bicyclic) bond motifs is 2. The number of rotatable bonds is 10. The molecule has 0 amide bonds. The Hall–Kier alpha value is -6.12. The van der Waals surface area contributed by atoms with Gasteiger partial charge in [-0.15, -0.1) is 0 Å². The molecule has 20 nitrogen and oxygen atoms in total. The van der Waals surface area contributed by atoms with Crippen molar-refractivity contribution in [3.05, 3.63) is 119 Å². The standard InChI is InChI=1S/C32H22N6O14S4/c39-31-23(15-27(55(47,48)49)21-3-1-11-33-29(21)31)37-35-19-9-7-17(25(13-19)53(41,42)43)5-6-18-8-10-20(14-26(18)54(44,45)46)36-38-24-16-28(56(50,51)52)22-4-2-12-34-30(22)32(24)40/h1-16,35-36H,(H,41,42,43)(H,44,45,46)(H,47,48,49)(H,50,51,52)/b6-5?,37-23+,38-24+. The SMILES string of the molecule is O=C1/C(=N/Nc2ccc(C=Cc3ccc(N/N=C4\C=C(S(=O)(=O)O)c5cccnc5C4=O)cc3S(=O)(=O)O)c(S(=O)(=O)O)c2)C=C(S(=O)(=O)O)c2cccnc21. The van der Waals surface area contributed by atoms with Gasteiger partial charge >= 0.3 is 0 Å². The van der Waals surface area contributed by atoms with Crippen LogP contribution in [0, 0.1) is 0 Å². The van der Waals surface area contributed by atoms with Crippen LogP contribution in [-0.2, 0) is 40.5 Å². The van der Waals surface area contributed by atoms with Gasteiger partial charge in [-0.3, -0.25) is 48.6 Å². The average Bonchev–Trinajstić information content (AvgIpc) is 3.12. The van der Waals surface area contributed by atoms with Crippen molar-refractivity contribution in [2.24, 2.45) is 10.2 Å². The number of anilines is 2. The molecule has 0 aliphatic heterocycles. The Morgan fingerprint density at radius 3 is 1.25 bits per heavy atom. The first-order valence-corrected chi connectivity index (χ1v) is 20.9. The van der Waals surface area contributed by atoms with Crippen LogP contribution in [0.25, 0.3) is 22.0 Å². The van der Waals surface area contributed by atoms with E-state index >= 15 is 0 Å². The summed E-state index contributed by atoms with van der Waals surface area (Å²) in [6.45, 7) is 0. The molecule has 2 aliphatic rings. The number of aromatic nitrogens is 2. The van der Waals surface area contributed by atoms with Gasteiger partial charge in [0, 0.05) is 23.5 Å². The van der Waals surface area contributed by atoms with Crippen LogP contribution >= 0.6 is 0 Å². The van der Waals surface area contributed by atoms with E-state index in [1.165, 1.54) is 48.8 Å². The molecule has 2 aromatic carbocycles. The van der Waals surface area contributed by atoms with Crippen molar-refractivity contribution in [1.29, 1.82) is 0 Å². The van der Waals surface area contributed by atoms with E-state index in [9.17, 15) is 61.5 Å².